The van der Waals surface area contributed by atoms with Crippen molar-refractivity contribution in [2.45, 2.75) is 0 Å². The first-order valence-corrected chi connectivity index (χ1v) is 7.03. The van der Waals surface area contributed by atoms with Crippen molar-refractivity contribution >= 4 is 56.3 Å². The number of halogens is 2. The highest BCUT2D eigenvalue weighted by Gasteiger charge is 2.11. The lowest BCUT2D eigenvalue weighted by Gasteiger charge is -2.01. The lowest BCUT2D eigenvalue weighted by molar-refractivity contribution is 0.415. The maximum atomic E-state index is 6.05. The maximum Gasteiger partial charge on any atom is 0.157 e. The third-order valence-corrected chi connectivity index (χ3v) is 4.16. The normalized spacial score (nSPS) is 11.6. The van der Waals surface area contributed by atoms with E-state index in [1.54, 1.807) is 19.2 Å². The van der Waals surface area contributed by atoms with Crippen LogP contribution in [0.1, 0.15) is 0 Å². The van der Waals surface area contributed by atoms with Gasteiger partial charge in [-0.05, 0) is 30.3 Å². The molecular formula is C15H9Cl2N3O. The van der Waals surface area contributed by atoms with Gasteiger partial charge < -0.3 is 9.72 Å². The number of H-pyrrole nitrogens is 1. The molecule has 0 aliphatic rings. The van der Waals surface area contributed by atoms with Crippen LogP contribution in [-0.4, -0.2) is 22.1 Å². The number of ether oxygens (including phenoxy) is 1. The van der Waals surface area contributed by atoms with E-state index < -0.39 is 0 Å². The Bertz CT molecular complexity index is 1010. The van der Waals surface area contributed by atoms with Crippen LogP contribution in [0.2, 0.25) is 10.0 Å². The average molecular weight is 318 g/mol. The Balaban J connectivity index is 2.14. The van der Waals surface area contributed by atoms with Gasteiger partial charge >= 0.3 is 0 Å². The molecule has 0 spiro atoms. The van der Waals surface area contributed by atoms with Gasteiger partial charge in [-0.1, -0.05) is 23.2 Å². The Hall–Kier alpha value is -2.04. The largest absolute Gasteiger partial charge is 0.497 e. The summed E-state index contributed by atoms with van der Waals surface area (Å²) in [5.41, 5.74) is 3.87. The fourth-order valence-electron chi connectivity index (χ4n) is 2.41. The molecule has 2 heterocycles. The molecule has 2 aromatic heterocycles. The third kappa shape index (κ3) is 1.91. The van der Waals surface area contributed by atoms with Gasteiger partial charge in [0.15, 0.2) is 5.65 Å². The number of methoxy groups -OCH3 is 1. The van der Waals surface area contributed by atoms with E-state index in [1.807, 2.05) is 18.2 Å². The van der Waals surface area contributed by atoms with E-state index in [0.29, 0.717) is 26.7 Å². The van der Waals surface area contributed by atoms with Crippen LogP contribution in [-0.2, 0) is 0 Å². The first-order chi connectivity index (χ1) is 10.2. The van der Waals surface area contributed by atoms with Gasteiger partial charge in [0.25, 0.3) is 0 Å². The molecular weight excluding hydrogens is 309 g/mol. The van der Waals surface area contributed by atoms with Crippen molar-refractivity contribution in [3.63, 3.8) is 0 Å². The van der Waals surface area contributed by atoms with Gasteiger partial charge in [0.05, 0.1) is 28.2 Å². The maximum absolute atomic E-state index is 6.05. The van der Waals surface area contributed by atoms with Crippen molar-refractivity contribution in [1.29, 1.82) is 0 Å². The molecule has 0 saturated carbocycles. The Labute approximate surface area is 129 Å². The zero-order chi connectivity index (χ0) is 14.6. The minimum atomic E-state index is 0.468. The van der Waals surface area contributed by atoms with Crippen molar-refractivity contribution in [3.8, 4) is 5.75 Å². The second kappa shape index (κ2) is 4.48. The number of nitrogens with zero attached hydrogens (tertiary/aromatic N) is 2. The number of nitrogens with one attached hydrogen (secondary N) is 1. The monoisotopic (exact) mass is 317 g/mol. The molecule has 4 aromatic rings. The van der Waals surface area contributed by atoms with Gasteiger partial charge in [0.1, 0.15) is 11.3 Å². The quantitative estimate of drug-likeness (QED) is 0.559. The van der Waals surface area contributed by atoms with Gasteiger partial charge in [0, 0.05) is 10.9 Å². The van der Waals surface area contributed by atoms with Crippen molar-refractivity contribution in [2.24, 2.45) is 0 Å². The summed E-state index contributed by atoms with van der Waals surface area (Å²) >= 11 is 12.1. The molecule has 21 heavy (non-hydrogen) atoms. The molecule has 0 fully saturated rings. The van der Waals surface area contributed by atoms with E-state index >= 15 is 0 Å². The molecule has 2 aromatic carbocycles. The van der Waals surface area contributed by atoms with E-state index in [-0.39, 0.29) is 0 Å². The number of fused-ring (bicyclic) bond motifs is 4. The van der Waals surface area contributed by atoms with E-state index in [1.165, 1.54) is 0 Å². The van der Waals surface area contributed by atoms with E-state index in [9.17, 15) is 0 Å². The lowest BCUT2D eigenvalue weighted by atomic mass is 10.2. The zero-order valence-corrected chi connectivity index (χ0v) is 12.5. The predicted octanol–water partition coefficient (Wildman–Crippen LogP) is 4.58. The number of aromatic nitrogens is 3. The number of rotatable bonds is 1. The highest BCUT2D eigenvalue weighted by atomic mass is 35.5. The Morgan fingerprint density at radius 3 is 2.43 bits per heavy atom. The molecule has 104 valence electrons. The minimum absolute atomic E-state index is 0.468. The molecule has 0 atom stereocenters. The molecule has 4 nitrogen and oxygen atoms in total. The molecule has 0 unspecified atom stereocenters. The van der Waals surface area contributed by atoms with Crippen molar-refractivity contribution in [2.75, 3.05) is 7.11 Å². The Morgan fingerprint density at radius 1 is 1.00 bits per heavy atom. The van der Waals surface area contributed by atoms with Gasteiger partial charge in [-0.25, -0.2) is 9.97 Å². The summed E-state index contributed by atoms with van der Waals surface area (Å²) in [7, 11) is 1.64. The number of hydrogen-bond donors (Lipinski definition) is 1. The summed E-state index contributed by atoms with van der Waals surface area (Å²) in [6.07, 6.45) is 0. The lowest BCUT2D eigenvalue weighted by Crippen LogP contribution is -1.86. The summed E-state index contributed by atoms with van der Waals surface area (Å²) in [4.78, 5) is 12.5. The summed E-state index contributed by atoms with van der Waals surface area (Å²) < 4.78 is 5.26. The Kier molecular flexibility index (Phi) is 2.71. The van der Waals surface area contributed by atoms with Gasteiger partial charge in [0.2, 0.25) is 0 Å². The fraction of sp³-hybridized carbons (Fsp3) is 0.0667. The van der Waals surface area contributed by atoms with Crippen LogP contribution < -0.4 is 4.74 Å². The number of aromatic amines is 1. The standard InChI is InChI=1S/C15H9Cl2N3O/c1-21-7-2-3-11-8(4-7)14-15(19-11)20-13-6-10(17)9(16)5-12(13)18-14/h2-6H,1H3,(H,19,20). The summed E-state index contributed by atoms with van der Waals surface area (Å²) in [5, 5.41) is 1.90. The van der Waals surface area contributed by atoms with Gasteiger partial charge in [-0.3, -0.25) is 0 Å². The van der Waals surface area contributed by atoms with E-state index in [2.05, 4.69) is 15.0 Å². The predicted molar refractivity (Wildman–Crippen MR) is 85.5 cm³/mol. The smallest absolute Gasteiger partial charge is 0.157 e. The molecule has 0 amide bonds. The van der Waals surface area contributed by atoms with Crippen molar-refractivity contribution in [3.05, 3.63) is 40.4 Å². The molecule has 0 saturated heterocycles. The molecule has 0 aliphatic carbocycles. The van der Waals surface area contributed by atoms with Gasteiger partial charge in [-0.15, -0.1) is 0 Å². The first-order valence-electron chi connectivity index (χ1n) is 6.28. The summed E-state index contributed by atoms with van der Waals surface area (Å²) in [5.74, 6) is 0.777. The van der Waals surface area contributed by atoms with E-state index in [4.69, 9.17) is 27.9 Å². The fourth-order valence-corrected chi connectivity index (χ4v) is 2.73. The molecule has 6 heteroatoms. The molecule has 1 N–H and O–H groups in total. The van der Waals surface area contributed by atoms with Crippen molar-refractivity contribution < 1.29 is 4.74 Å². The number of hydrogen-bond acceptors (Lipinski definition) is 3. The second-order valence-electron chi connectivity index (χ2n) is 4.71. The zero-order valence-electron chi connectivity index (χ0n) is 10.9. The molecule has 0 bridgehead atoms. The van der Waals surface area contributed by atoms with Crippen LogP contribution in [0.4, 0.5) is 0 Å². The highest BCUT2D eigenvalue weighted by Crippen LogP contribution is 2.30. The molecule has 0 radical (unpaired) electrons. The minimum Gasteiger partial charge on any atom is -0.497 e. The van der Waals surface area contributed by atoms with Crippen LogP contribution in [0.15, 0.2) is 30.3 Å². The average Bonchev–Trinajstić information content (AvgIpc) is 2.83. The van der Waals surface area contributed by atoms with Gasteiger partial charge in [-0.2, -0.15) is 0 Å². The molecule has 4 rings (SSSR count). The van der Waals surface area contributed by atoms with Crippen LogP contribution in [0.5, 0.6) is 5.75 Å². The summed E-state index contributed by atoms with van der Waals surface area (Å²) in [6, 6.07) is 9.22. The first kappa shape index (κ1) is 12.7. The Morgan fingerprint density at radius 2 is 1.71 bits per heavy atom. The van der Waals surface area contributed by atoms with Crippen molar-refractivity contribution in [1.82, 2.24) is 15.0 Å². The van der Waals surface area contributed by atoms with Crippen LogP contribution in [0, 0.1) is 0 Å². The van der Waals surface area contributed by atoms with E-state index in [0.717, 1.165) is 22.2 Å². The van der Waals surface area contributed by atoms with Crippen LogP contribution in [0.25, 0.3) is 33.1 Å². The summed E-state index contributed by atoms with van der Waals surface area (Å²) in [6.45, 7) is 0. The van der Waals surface area contributed by atoms with Crippen LogP contribution >= 0.6 is 23.2 Å². The topological polar surface area (TPSA) is 50.8 Å². The number of benzene rings is 2. The molecule has 0 aliphatic heterocycles. The SMILES string of the molecule is COc1ccc2[nH]c3nc4cc(Cl)c(Cl)cc4nc3c2c1. The third-order valence-electron chi connectivity index (χ3n) is 3.44. The second-order valence-corrected chi connectivity index (χ2v) is 5.53. The highest BCUT2D eigenvalue weighted by molar-refractivity contribution is 6.42. The van der Waals surface area contributed by atoms with Crippen LogP contribution in [0.3, 0.4) is 0 Å².